The highest BCUT2D eigenvalue weighted by atomic mass is 32.1. The first-order valence-corrected chi connectivity index (χ1v) is 7.76. The second-order valence-corrected chi connectivity index (χ2v) is 6.80. The Hall–Kier alpha value is -2.15. The van der Waals surface area contributed by atoms with E-state index in [1.807, 2.05) is 0 Å². The number of carbonyl (C=O) groups is 2. The molecule has 0 bridgehead atoms. The van der Waals surface area contributed by atoms with Crippen molar-refractivity contribution in [3.8, 4) is 0 Å². The van der Waals surface area contributed by atoms with Crippen LogP contribution >= 0.6 is 11.3 Å². The van der Waals surface area contributed by atoms with E-state index in [4.69, 9.17) is 4.42 Å². The Balaban J connectivity index is 1.76. The van der Waals surface area contributed by atoms with E-state index in [1.165, 1.54) is 17.6 Å². The molecular weight excluding hydrogens is 302 g/mol. The first-order valence-electron chi connectivity index (χ1n) is 6.94. The van der Waals surface area contributed by atoms with Gasteiger partial charge in [-0.1, -0.05) is 20.8 Å². The molecule has 0 saturated carbocycles. The number of amides is 2. The summed E-state index contributed by atoms with van der Waals surface area (Å²) in [7, 11) is 0. The molecule has 0 fully saturated rings. The molecule has 0 spiro atoms. The van der Waals surface area contributed by atoms with E-state index in [1.54, 1.807) is 18.3 Å². The van der Waals surface area contributed by atoms with Crippen LogP contribution in [0.4, 0.5) is 0 Å². The van der Waals surface area contributed by atoms with Crippen LogP contribution in [0.15, 0.2) is 29.0 Å². The molecule has 7 heteroatoms. The fourth-order valence-corrected chi connectivity index (χ4v) is 2.55. The molecule has 2 rings (SSSR count). The number of nitrogens with zero attached hydrogens (tertiary/aromatic N) is 1. The molecule has 6 nitrogen and oxygen atoms in total. The van der Waals surface area contributed by atoms with Gasteiger partial charge in [0.25, 0.3) is 11.8 Å². The molecule has 0 radical (unpaired) electrons. The van der Waals surface area contributed by atoms with Crippen LogP contribution in [0.2, 0.25) is 0 Å². The molecule has 0 aliphatic carbocycles. The van der Waals surface area contributed by atoms with Crippen LogP contribution in [-0.4, -0.2) is 29.9 Å². The summed E-state index contributed by atoms with van der Waals surface area (Å²) < 4.78 is 4.97. The van der Waals surface area contributed by atoms with Gasteiger partial charge in [0.2, 0.25) is 0 Å². The summed E-state index contributed by atoms with van der Waals surface area (Å²) in [5.41, 5.74) is -0.0692. The Morgan fingerprint density at radius 3 is 2.45 bits per heavy atom. The molecule has 0 atom stereocenters. The first-order chi connectivity index (χ1) is 10.4. The molecule has 0 aromatic carbocycles. The van der Waals surface area contributed by atoms with Crippen LogP contribution in [0.5, 0.6) is 0 Å². The van der Waals surface area contributed by atoms with Crippen LogP contribution in [0.1, 0.15) is 46.0 Å². The average molecular weight is 321 g/mol. The molecule has 0 unspecified atom stereocenters. The molecule has 2 amide bonds. The van der Waals surface area contributed by atoms with Gasteiger partial charge in [-0.25, -0.2) is 4.98 Å². The second kappa shape index (κ2) is 6.74. The number of hydrogen-bond donors (Lipinski definition) is 2. The smallest absolute Gasteiger partial charge is 0.287 e. The van der Waals surface area contributed by atoms with Gasteiger partial charge in [0.1, 0.15) is 4.88 Å². The van der Waals surface area contributed by atoms with Gasteiger partial charge < -0.3 is 15.1 Å². The molecule has 2 heterocycles. The third-order valence-electron chi connectivity index (χ3n) is 2.81. The van der Waals surface area contributed by atoms with Crippen molar-refractivity contribution >= 4 is 23.2 Å². The molecule has 0 aliphatic heterocycles. The van der Waals surface area contributed by atoms with Gasteiger partial charge in [-0.15, -0.1) is 11.3 Å². The van der Waals surface area contributed by atoms with Crippen LogP contribution < -0.4 is 10.6 Å². The number of rotatable bonds is 5. The molecule has 2 aromatic rings. The summed E-state index contributed by atoms with van der Waals surface area (Å²) in [6.45, 7) is 6.83. The predicted octanol–water partition coefficient (Wildman–Crippen LogP) is 2.19. The van der Waals surface area contributed by atoms with Crippen molar-refractivity contribution in [2.45, 2.75) is 26.2 Å². The SMILES string of the molecule is CC(C)(C)c1ncc(C(=O)NCCNC(=O)c2ccco2)s1. The van der Waals surface area contributed by atoms with Gasteiger partial charge in [0.05, 0.1) is 17.5 Å². The van der Waals surface area contributed by atoms with E-state index in [0.717, 1.165) is 5.01 Å². The van der Waals surface area contributed by atoms with Crippen molar-refractivity contribution in [2.24, 2.45) is 0 Å². The summed E-state index contributed by atoms with van der Waals surface area (Å²) in [6.07, 6.45) is 3.02. The molecule has 2 N–H and O–H groups in total. The molecule has 2 aromatic heterocycles. The Bertz CT molecular complexity index is 641. The Morgan fingerprint density at radius 1 is 1.23 bits per heavy atom. The van der Waals surface area contributed by atoms with Crippen molar-refractivity contribution in [1.82, 2.24) is 15.6 Å². The minimum Gasteiger partial charge on any atom is -0.459 e. The van der Waals surface area contributed by atoms with Gasteiger partial charge >= 0.3 is 0 Å². The Morgan fingerprint density at radius 2 is 1.91 bits per heavy atom. The standard InChI is InChI=1S/C15H19N3O3S/c1-15(2,3)14-18-9-11(22-14)13(20)17-7-6-16-12(19)10-5-4-8-21-10/h4-5,8-9H,6-7H2,1-3H3,(H,16,19)(H,17,20). The molecule has 0 aliphatic rings. The van der Waals surface area contributed by atoms with Gasteiger partial charge in [0, 0.05) is 18.5 Å². The monoisotopic (exact) mass is 321 g/mol. The average Bonchev–Trinajstić information content (AvgIpc) is 3.12. The highest BCUT2D eigenvalue weighted by molar-refractivity contribution is 7.13. The number of nitrogens with one attached hydrogen (secondary N) is 2. The molecule has 0 saturated heterocycles. The van der Waals surface area contributed by atoms with Crippen molar-refractivity contribution in [2.75, 3.05) is 13.1 Å². The Labute approximate surface area is 132 Å². The summed E-state index contributed by atoms with van der Waals surface area (Å²) >= 11 is 1.38. The van der Waals surface area contributed by atoms with Crippen LogP contribution in [0, 0.1) is 0 Å². The third kappa shape index (κ3) is 4.17. The normalized spacial score (nSPS) is 11.2. The topological polar surface area (TPSA) is 84.2 Å². The molecule has 22 heavy (non-hydrogen) atoms. The predicted molar refractivity (Wildman–Crippen MR) is 84.2 cm³/mol. The highest BCUT2D eigenvalue weighted by Crippen LogP contribution is 2.26. The van der Waals surface area contributed by atoms with Crippen LogP contribution in [0.3, 0.4) is 0 Å². The van der Waals surface area contributed by atoms with Gasteiger partial charge in [-0.2, -0.15) is 0 Å². The summed E-state index contributed by atoms with van der Waals surface area (Å²) in [4.78, 5) is 28.4. The maximum Gasteiger partial charge on any atom is 0.287 e. The van der Waals surface area contributed by atoms with E-state index < -0.39 is 0 Å². The van der Waals surface area contributed by atoms with Crippen LogP contribution in [0.25, 0.3) is 0 Å². The lowest BCUT2D eigenvalue weighted by molar-refractivity contribution is 0.0911. The largest absolute Gasteiger partial charge is 0.459 e. The molecular formula is C15H19N3O3S. The third-order valence-corrected chi connectivity index (χ3v) is 4.23. The van der Waals surface area contributed by atoms with E-state index in [9.17, 15) is 9.59 Å². The zero-order valence-corrected chi connectivity index (χ0v) is 13.6. The van der Waals surface area contributed by atoms with Crippen molar-refractivity contribution in [3.05, 3.63) is 40.2 Å². The lowest BCUT2D eigenvalue weighted by Gasteiger charge is -2.13. The van der Waals surface area contributed by atoms with E-state index in [-0.39, 0.29) is 23.0 Å². The van der Waals surface area contributed by atoms with E-state index in [2.05, 4.69) is 36.4 Å². The highest BCUT2D eigenvalue weighted by Gasteiger charge is 2.20. The lowest BCUT2D eigenvalue weighted by Crippen LogP contribution is -2.34. The summed E-state index contributed by atoms with van der Waals surface area (Å²) in [5.74, 6) is -0.226. The summed E-state index contributed by atoms with van der Waals surface area (Å²) in [6, 6.07) is 3.23. The van der Waals surface area contributed by atoms with Gasteiger partial charge in [-0.05, 0) is 12.1 Å². The lowest BCUT2D eigenvalue weighted by atomic mass is 9.98. The second-order valence-electron chi connectivity index (χ2n) is 5.77. The number of thiazole rings is 1. The van der Waals surface area contributed by atoms with E-state index >= 15 is 0 Å². The fraction of sp³-hybridized carbons (Fsp3) is 0.400. The number of carbonyl (C=O) groups excluding carboxylic acids is 2. The van der Waals surface area contributed by atoms with E-state index in [0.29, 0.717) is 18.0 Å². The number of hydrogen-bond acceptors (Lipinski definition) is 5. The zero-order chi connectivity index (χ0) is 16.2. The van der Waals surface area contributed by atoms with Crippen molar-refractivity contribution in [1.29, 1.82) is 0 Å². The number of furan rings is 1. The quantitative estimate of drug-likeness (QED) is 0.827. The van der Waals surface area contributed by atoms with Gasteiger partial charge in [-0.3, -0.25) is 9.59 Å². The maximum absolute atomic E-state index is 12.0. The number of aromatic nitrogens is 1. The first kappa shape index (κ1) is 16.2. The maximum atomic E-state index is 12.0. The van der Waals surface area contributed by atoms with Gasteiger partial charge in [0.15, 0.2) is 5.76 Å². The minimum absolute atomic E-state index is 0.0692. The molecule has 118 valence electrons. The fourth-order valence-electron chi connectivity index (χ4n) is 1.66. The van der Waals surface area contributed by atoms with Crippen LogP contribution in [-0.2, 0) is 5.41 Å². The Kier molecular flexibility index (Phi) is 4.97. The zero-order valence-electron chi connectivity index (χ0n) is 12.8. The van der Waals surface area contributed by atoms with Crippen molar-refractivity contribution < 1.29 is 14.0 Å². The van der Waals surface area contributed by atoms with Crippen molar-refractivity contribution in [3.63, 3.8) is 0 Å². The summed E-state index contributed by atoms with van der Waals surface area (Å²) in [5, 5.41) is 6.33. The minimum atomic E-state index is -0.299.